The number of ether oxygens (including phenoxy) is 1. The Balaban J connectivity index is 1.59. The van der Waals surface area contributed by atoms with Crippen molar-refractivity contribution < 1.29 is 9.53 Å². The topological polar surface area (TPSA) is 71.8 Å². The van der Waals surface area contributed by atoms with E-state index >= 15 is 0 Å². The number of hydrogen-bond acceptors (Lipinski definition) is 5. The van der Waals surface area contributed by atoms with Crippen LogP contribution in [-0.2, 0) is 4.79 Å². The van der Waals surface area contributed by atoms with E-state index in [4.69, 9.17) is 4.74 Å². The van der Waals surface area contributed by atoms with Crippen molar-refractivity contribution in [2.75, 3.05) is 25.5 Å². The van der Waals surface area contributed by atoms with Crippen LogP contribution in [0.15, 0.2) is 55.5 Å². The van der Waals surface area contributed by atoms with E-state index in [9.17, 15) is 4.79 Å². The summed E-state index contributed by atoms with van der Waals surface area (Å²) in [5.41, 5.74) is 2.79. The third kappa shape index (κ3) is 3.23. The number of fused-ring (bicyclic) bond motifs is 1. The van der Waals surface area contributed by atoms with Gasteiger partial charge in [0, 0.05) is 37.1 Å². The molecule has 3 aromatic rings. The molecular weight excluding hydrogens is 342 g/mol. The molecule has 1 aromatic carbocycles. The molecule has 1 N–H and O–H groups in total. The van der Waals surface area contributed by atoms with Crippen LogP contribution in [0.1, 0.15) is 6.42 Å². The maximum atomic E-state index is 11.8. The third-order valence-corrected chi connectivity index (χ3v) is 4.83. The minimum absolute atomic E-state index is 0.0342. The number of hydrogen-bond donors (Lipinski definition) is 1. The monoisotopic (exact) mass is 363 g/mol. The van der Waals surface area contributed by atoms with Gasteiger partial charge in [-0.1, -0.05) is 6.58 Å². The molecule has 1 atom stereocenters. The van der Waals surface area contributed by atoms with Crippen LogP contribution in [0.25, 0.3) is 16.9 Å². The van der Waals surface area contributed by atoms with E-state index in [-0.39, 0.29) is 11.9 Å². The Kier molecular flexibility index (Phi) is 4.50. The molecule has 138 valence electrons. The summed E-state index contributed by atoms with van der Waals surface area (Å²) in [5, 5.41) is 3.43. The summed E-state index contributed by atoms with van der Waals surface area (Å²) in [7, 11) is 1.65. The van der Waals surface area contributed by atoms with Crippen LogP contribution in [0.3, 0.4) is 0 Å². The van der Waals surface area contributed by atoms with Gasteiger partial charge in [-0.25, -0.2) is 9.97 Å². The maximum Gasteiger partial charge on any atom is 0.246 e. The average molecular weight is 363 g/mol. The normalized spacial score (nSPS) is 16.5. The summed E-state index contributed by atoms with van der Waals surface area (Å²) in [6, 6.07) is 8.02. The molecule has 1 aliphatic rings. The molecule has 1 aliphatic heterocycles. The van der Waals surface area contributed by atoms with Crippen LogP contribution in [0.5, 0.6) is 5.75 Å². The van der Waals surface area contributed by atoms with E-state index in [1.807, 2.05) is 41.1 Å². The Labute approximate surface area is 157 Å². The number of aromatic nitrogens is 3. The molecule has 7 heteroatoms. The van der Waals surface area contributed by atoms with E-state index in [0.717, 1.165) is 41.4 Å². The minimum atomic E-state index is -0.0342. The molecule has 2 aromatic heterocycles. The van der Waals surface area contributed by atoms with Gasteiger partial charge >= 0.3 is 0 Å². The van der Waals surface area contributed by atoms with Crippen molar-refractivity contribution in [3.05, 3.63) is 55.5 Å². The van der Waals surface area contributed by atoms with Crippen molar-refractivity contribution in [2.45, 2.75) is 12.5 Å². The highest BCUT2D eigenvalue weighted by atomic mass is 16.5. The number of amides is 1. The second-order valence-electron chi connectivity index (χ2n) is 6.46. The van der Waals surface area contributed by atoms with Gasteiger partial charge in [0.25, 0.3) is 0 Å². The fraction of sp³-hybridized carbons (Fsp3) is 0.250. The number of benzene rings is 1. The van der Waals surface area contributed by atoms with Crippen molar-refractivity contribution in [3.63, 3.8) is 0 Å². The van der Waals surface area contributed by atoms with Gasteiger partial charge in [-0.05, 0) is 36.8 Å². The summed E-state index contributed by atoms with van der Waals surface area (Å²) in [4.78, 5) is 22.6. The molecule has 3 heterocycles. The van der Waals surface area contributed by atoms with Crippen molar-refractivity contribution in [1.29, 1.82) is 0 Å². The molecular formula is C20H21N5O2. The Morgan fingerprint density at radius 2 is 2.15 bits per heavy atom. The number of carbonyl (C=O) groups excluding carboxylic acids is 1. The van der Waals surface area contributed by atoms with E-state index in [1.165, 1.54) is 6.08 Å². The zero-order chi connectivity index (χ0) is 18.8. The quantitative estimate of drug-likeness (QED) is 0.706. The molecule has 1 saturated heterocycles. The molecule has 0 bridgehead atoms. The van der Waals surface area contributed by atoms with Gasteiger partial charge < -0.3 is 15.0 Å². The average Bonchev–Trinajstić information content (AvgIpc) is 3.35. The summed E-state index contributed by atoms with van der Waals surface area (Å²) in [6.45, 7) is 4.91. The van der Waals surface area contributed by atoms with Crippen molar-refractivity contribution in [2.24, 2.45) is 0 Å². The Hall–Kier alpha value is -3.35. The maximum absolute atomic E-state index is 11.8. The minimum Gasteiger partial charge on any atom is -0.497 e. The summed E-state index contributed by atoms with van der Waals surface area (Å²) >= 11 is 0. The number of rotatable bonds is 5. The Morgan fingerprint density at radius 1 is 1.33 bits per heavy atom. The molecule has 1 amide bonds. The van der Waals surface area contributed by atoms with Crippen molar-refractivity contribution >= 4 is 17.4 Å². The van der Waals surface area contributed by atoms with Crippen LogP contribution in [0.4, 0.5) is 5.82 Å². The van der Waals surface area contributed by atoms with E-state index in [1.54, 1.807) is 18.2 Å². The fourth-order valence-corrected chi connectivity index (χ4v) is 3.40. The lowest BCUT2D eigenvalue weighted by molar-refractivity contribution is -0.125. The van der Waals surface area contributed by atoms with Gasteiger partial charge in [0.1, 0.15) is 5.75 Å². The molecule has 1 unspecified atom stereocenters. The molecule has 4 rings (SSSR count). The number of nitrogens with one attached hydrogen (secondary N) is 1. The van der Waals surface area contributed by atoms with Crippen LogP contribution >= 0.6 is 0 Å². The zero-order valence-corrected chi connectivity index (χ0v) is 15.1. The highest BCUT2D eigenvalue weighted by Crippen LogP contribution is 2.26. The number of anilines is 1. The van der Waals surface area contributed by atoms with E-state index in [2.05, 4.69) is 21.9 Å². The van der Waals surface area contributed by atoms with Crippen LogP contribution in [-0.4, -0.2) is 51.4 Å². The molecule has 0 saturated carbocycles. The molecule has 1 fully saturated rings. The molecule has 0 spiro atoms. The first kappa shape index (κ1) is 17.1. The standard InChI is InChI=1S/C20H21N5O2/c1-3-18(26)24-10-8-15(13-24)23-19-20-22-12-17(25(20)11-9-21-19)14-4-6-16(27-2)7-5-14/h3-7,9,11-12,15H,1,8,10,13H2,2H3,(H,21,23). The van der Waals surface area contributed by atoms with Gasteiger partial charge in [-0.15, -0.1) is 0 Å². The van der Waals surface area contributed by atoms with Gasteiger partial charge in [-0.3, -0.25) is 9.20 Å². The summed E-state index contributed by atoms with van der Waals surface area (Å²) in [5.74, 6) is 1.50. The van der Waals surface area contributed by atoms with Gasteiger partial charge in [0.2, 0.25) is 5.91 Å². The van der Waals surface area contributed by atoms with Gasteiger partial charge in [0.05, 0.1) is 19.0 Å². The van der Waals surface area contributed by atoms with Crippen LogP contribution < -0.4 is 10.1 Å². The fourth-order valence-electron chi connectivity index (χ4n) is 3.40. The molecule has 0 radical (unpaired) electrons. The number of nitrogens with zero attached hydrogens (tertiary/aromatic N) is 4. The second kappa shape index (κ2) is 7.11. The van der Waals surface area contributed by atoms with E-state index < -0.39 is 0 Å². The van der Waals surface area contributed by atoms with Crippen molar-refractivity contribution in [1.82, 2.24) is 19.3 Å². The molecule has 27 heavy (non-hydrogen) atoms. The lowest BCUT2D eigenvalue weighted by Crippen LogP contribution is -2.30. The van der Waals surface area contributed by atoms with Gasteiger partial charge in [-0.2, -0.15) is 0 Å². The molecule has 7 nitrogen and oxygen atoms in total. The Morgan fingerprint density at radius 3 is 2.89 bits per heavy atom. The second-order valence-corrected chi connectivity index (χ2v) is 6.46. The largest absolute Gasteiger partial charge is 0.497 e. The lowest BCUT2D eigenvalue weighted by Gasteiger charge is -2.16. The van der Waals surface area contributed by atoms with Crippen LogP contribution in [0, 0.1) is 0 Å². The highest BCUT2D eigenvalue weighted by molar-refractivity contribution is 5.87. The first-order chi connectivity index (χ1) is 13.2. The highest BCUT2D eigenvalue weighted by Gasteiger charge is 2.25. The predicted octanol–water partition coefficient (Wildman–Crippen LogP) is 2.60. The van der Waals surface area contributed by atoms with Crippen LogP contribution in [0.2, 0.25) is 0 Å². The lowest BCUT2D eigenvalue weighted by atomic mass is 10.1. The predicted molar refractivity (Wildman–Crippen MR) is 104 cm³/mol. The summed E-state index contributed by atoms with van der Waals surface area (Å²) in [6.07, 6.45) is 7.72. The first-order valence-corrected chi connectivity index (χ1v) is 8.84. The smallest absolute Gasteiger partial charge is 0.246 e. The first-order valence-electron chi connectivity index (χ1n) is 8.84. The third-order valence-electron chi connectivity index (χ3n) is 4.83. The van der Waals surface area contributed by atoms with E-state index in [0.29, 0.717) is 6.54 Å². The number of likely N-dealkylation sites (tertiary alicyclic amines) is 1. The Bertz CT molecular complexity index is 980. The SMILES string of the molecule is C=CC(=O)N1CCC(Nc2nccn3c(-c4ccc(OC)cc4)cnc23)C1. The number of methoxy groups -OCH3 is 1. The molecule has 0 aliphatic carbocycles. The zero-order valence-electron chi connectivity index (χ0n) is 15.1. The number of carbonyl (C=O) groups is 1. The van der Waals surface area contributed by atoms with Gasteiger partial charge in [0.15, 0.2) is 11.5 Å². The summed E-state index contributed by atoms with van der Waals surface area (Å²) < 4.78 is 7.24. The van der Waals surface area contributed by atoms with Crippen molar-refractivity contribution in [3.8, 4) is 17.0 Å². The number of imidazole rings is 1.